The predicted octanol–water partition coefficient (Wildman–Crippen LogP) is 3.21. The zero-order valence-electron chi connectivity index (χ0n) is 12.7. The van der Waals surface area contributed by atoms with Gasteiger partial charge in [0.25, 0.3) is 0 Å². The first-order valence-electron chi connectivity index (χ1n) is 7.35. The van der Waals surface area contributed by atoms with Gasteiger partial charge in [-0.05, 0) is 51.2 Å². The van der Waals surface area contributed by atoms with Crippen LogP contribution in [0.25, 0.3) is 0 Å². The normalized spacial score (nSPS) is 16.2. The monoisotopic (exact) mass is 261 g/mol. The Morgan fingerprint density at radius 1 is 1.32 bits per heavy atom. The molecular weight excluding hydrogens is 234 g/mol. The van der Waals surface area contributed by atoms with Gasteiger partial charge in [0.05, 0.1) is 0 Å². The molecule has 3 heteroatoms. The predicted molar refractivity (Wildman–Crippen MR) is 81.4 cm³/mol. The molecule has 2 rings (SSSR count). The number of nitrogens with zero attached hydrogens (tertiary/aromatic N) is 2. The second-order valence-electron chi connectivity index (χ2n) is 6.81. The molecule has 1 aromatic heterocycles. The van der Waals surface area contributed by atoms with Crippen LogP contribution in [0.5, 0.6) is 0 Å². The number of pyridine rings is 1. The van der Waals surface area contributed by atoms with Gasteiger partial charge in [0.15, 0.2) is 0 Å². The Morgan fingerprint density at radius 3 is 2.53 bits per heavy atom. The Bertz CT molecular complexity index is 387. The van der Waals surface area contributed by atoms with Crippen LogP contribution in [0.4, 0.5) is 5.82 Å². The highest BCUT2D eigenvalue weighted by molar-refractivity contribution is 5.38. The Balaban J connectivity index is 1.86. The van der Waals surface area contributed by atoms with Crippen molar-refractivity contribution in [3.05, 3.63) is 23.9 Å². The average Bonchev–Trinajstić information content (AvgIpc) is 2.31. The van der Waals surface area contributed by atoms with Crippen LogP contribution in [0.2, 0.25) is 0 Å². The molecule has 0 atom stereocenters. The molecule has 0 spiro atoms. The van der Waals surface area contributed by atoms with Crippen molar-refractivity contribution >= 4 is 5.82 Å². The standard InChI is InChI=1S/C16H27N3/c1-16(2,3)18-11-14-8-9-15(17-10-14)19(4)12-13-6-5-7-13/h8-10,13,18H,5-7,11-12H2,1-4H3. The van der Waals surface area contributed by atoms with Crippen molar-refractivity contribution < 1.29 is 0 Å². The molecule has 1 saturated carbocycles. The number of hydrogen-bond donors (Lipinski definition) is 1. The summed E-state index contributed by atoms with van der Waals surface area (Å²) in [5.41, 5.74) is 1.40. The van der Waals surface area contributed by atoms with Crippen LogP contribution < -0.4 is 10.2 Å². The number of nitrogens with one attached hydrogen (secondary N) is 1. The van der Waals surface area contributed by atoms with E-state index < -0.39 is 0 Å². The van der Waals surface area contributed by atoms with Crippen LogP contribution >= 0.6 is 0 Å². The molecule has 1 aliphatic rings. The van der Waals surface area contributed by atoms with Gasteiger partial charge in [0, 0.05) is 31.9 Å². The average molecular weight is 261 g/mol. The van der Waals surface area contributed by atoms with Gasteiger partial charge < -0.3 is 10.2 Å². The van der Waals surface area contributed by atoms with Crippen LogP contribution in [0.15, 0.2) is 18.3 Å². The number of rotatable bonds is 5. The fraction of sp³-hybridized carbons (Fsp3) is 0.688. The third kappa shape index (κ3) is 4.50. The molecular formula is C16H27N3. The van der Waals surface area contributed by atoms with Crippen LogP contribution in [0, 0.1) is 5.92 Å². The van der Waals surface area contributed by atoms with E-state index in [0.29, 0.717) is 0 Å². The molecule has 0 bridgehead atoms. The Hall–Kier alpha value is -1.09. The maximum absolute atomic E-state index is 4.58. The van der Waals surface area contributed by atoms with E-state index in [1.165, 1.54) is 24.8 Å². The van der Waals surface area contributed by atoms with Crippen molar-refractivity contribution in [3.63, 3.8) is 0 Å². The summed E-state index contributed by atoms with van der Waals surface area (Å²) in [7, 11) is 2.15. The van der Waals surface area contributed by atoms with Crippen LogP contribution in [-0.2, 0) is 6.54 Å². The quantitative estimate of drug-likeness (QED) is 0.882. The molecule has 0 aliphatic heterocycles. The van der Waals surface area contributed by atoms with Gasteiger partial charge in [-0.3, -0.25) is 0 Å². The fourth-order valence-corrected chi connectivity index (χ4v) is 2.27. The molecule has 3 nitrogen and oxygen atoms in total. The molecule has 1 aromatic rings. The first kappa shape index (κ1) is 14.3. The van der Waals surface area contributed by atoms with E-state index in [1.54, 1.807) is 0 Å². The van der Waals surface area contributed by atoms with Gasteiger partial charge in [-0.2, -0.15) is 0 Å². The smallest absolute Gasteiger partial charge is 0.128 e. The summed E-state index contributed by atoms with van der Waals surface area (Å²) in [5, 5.41) is 3.48. The molecule has 0 unspecified atom stereocenters. The van der Waals surface area contributed by atoms with E-state index in [2.05, 4.69) is 55.2 Å². The minimum atomic E-state index is 0.152. The van der Waals surface area contributed by atoms with Gasteiger partial charge in [0.2, 0.25) is 0 Å². The zero-order chi connectivity index (χ0) is 13.9. The molecule has 1 N–H and O–H groups in total. The third-order valence-corrected chi connectivity index (χ3v) is 3.78. The van der Waals surface area contributed by atoms with Gasteiger partial charge >= 0.3 is 0 Å². The molecule has 1 fully saturated rings. The first-order valence-corrected chi connectivity index (χ1v) is 7.35. The summed E-state index contributed by atoms with van der Waals surface area (Å²) in [5.74, 6) is 1.97. The van der Waals surface area contributed by atoms with Gasteiger partial charge in [-0.1, -0.05) is 12.5 Å². The van der Waals surface area contributed by atoms with Gasteiger partial charge in [0.1, 0.15) is 5.82 Å². The Labute approximate surface area is 117 Å². The Kier molecular flexibility index (Phi) is 4.46. The zero-order valence-corrected chi connectivity index (χ0v) is 12.7. The minimum Gasteiger partial charge on any atom is -0.359 e. The van der Waals surface area contributed by atoms with Crippen LogP contribution in [0.1, 0.15) is 45.6 Å². The maximum Gasteiger partial charge on any atom is 0.128 e. The summed E-state index contributed by atoms with van der Waals surface area (Å²) in [6, 6.07) is 4.32. The third-order valence-electron chi connectivity index (χ3n) is 3.78. The maximum atomic E-state index is 4.58. The molecule has 1 heterocycles. The highest BCUT2D eigenvalue weighted by Gasteiger charge is 2.19. The molecule has 0 aromatic carbocycles. The number of aromatic nitrogens is 1. The van der Waals surface area contributed by atoms with E-state index in [0.717, 1.165) is 24.8 Å². The largest absolute Gasteiger partial charge is 0.359 e. The van der Waals surface area contributed by atoms with Crippen molar-refractivity contribution in [2.75, 3.05) is 18.5 Å². The van der Waals surface area contributed by atoms with E-state index in [1.807, 2.05) is 6.20 Å². The van der Waals surface area contributed by atoms with E-state index in [4.69, 9.17) is 0 Å². The van der Waals surface area contributed by atoms with Crippen LogP contribution in [-0.4, -0.2) is 24.1 Å². The van der Waals surface area contributed by atoms with Crippen molar-refractivity contribution in [2.45, 2.75) is 52.1 Å². The van der Waals surface area contributed by atoms with Crippen molar-refractivity contribution in [1.82, 2.24) is 10.3 Å². The topological polar surface area (TPSA) is 28.2 Å². The summed E-state index contributed by atoms with van der Waals surface area (Å²) < 4.78 is 0. The van der Waals surface area contributed by atoms with Crippen molar-refractivity contribution in [1.29, 1.82) is 0 Å². The van der Waals surface area contributed by atoms with E-state index in [9.17, 15) is 0 Å². The fourth-order valence-electron chi connectivity index (χ4n) is 2.27. The van der Waals surface area contributed by atoms with E-state index >= 15 is 0 Å². The lowest BCUT2D eigenvalue weighted by Gasteiger charge is -2.30. The van der Waals surface area contributed by atoms with E-state index in [-0.39, 0.29) is 5.54 Å². The highest BCUT2D eigenvalue weighted by Crippen LogP contribution is 2.27. The summed E-state index contributed by atoms with van der Waals surface area (Å²) in [4.78, 5) is 6.86. The molecule has 19 heavy (non-hydrogen) atoms. The summed E-state index contributed by atoms with van der Waals surface area (Å²) in [6.45, 7) is 8.57. The molecule has 1 aliphatic carbocycles. The highest BCUT2D eigenvalue weighted by atomic mass is 15.2. The van der Waals surface area contributed by atoms with Crippen molar-refractivity contribution in [2.24, 2.45) is 5.92 Å². The van der Waals surface area contributed by atoms with Crippen LogP contribution in [0.3, 0.4) is 0 Å². The Morgan fingerprint density at radius 2 is 2.05 bits per heavy atom. The number of anilines is 1. The molecule has 0 saturated heterocycles. The molecule has 0 amide bonds. The van der Waals surface area contributed by atoms with Gasteiger partial charge in [-0.15, -0.1) is 0 Å². The SMILES string of the molecule is CN(CC1CCC1)c1ccc(CNC(C)(C)C)cn1. The van der Waals surface area contributed by atoms with Crippen molar-refractivity contribution in [3.8, 4) is 0 Å². The van der Waals surface area contributed by atoms with Gasteiger partial charge in [-0.25, -0.2) is 4.98 Å². The lowest BCUT2D eigenvalue weighted by atomic mass is 9.85. The summed E-state index contributed by atoms with van der Waals surface area (Å²) in [6.07, 6.45) is 6.17. The summed E-state index contributed by atoms with van der Waals surface area (Å²) >= 11 is 0. The minimum absolute atomic E-state index is 0.152. The lowest BCUT2D eigenvalue weighted by molar-refractivity contribution is 0.321. The number of hydrogen-bond acceptors (Lipinski definition) is 3. The first-order chi connectivity index (χ1) is 8.94. The molecule has 106 valence electrons. The lowest BCUT2D eigenvalue weighted by Crippen LogP contribution is -2.35. The second kappa shape index (κ2) is 5.91. The molecule has 0 radical (unpaired) electrons. The second-order valence-corrected chi connectivity index (χ2v) is 6.81.